The first-order valence-electron chi connectivity index (χ1n) is 12.2. The number of nitrogens with one attached hydrogen (secondary N) is 2. The molecule has 5 rings (SSSR count). The minimum atomic E-state index is -0.0709. The molecule has 2 amide bonds. The van der Waals surface area contributed by atoms with Crippen LogP contribution in [0.5, 0.6) is 0 Å². The summed E-state index contributed by atoms with van der Waals surface area (Å²) in [5, 5.41) is 7.15. The Balaban J connectivity index is 1.57. The van der Waals surface area contributed by atoms with Gasteiger partial charge in [-0.1, -0.05) is 6.92 Å². The molecule has 172 valence electrons. The molecule has 2 fully saturated rings. The van der Waals surface area contributed by atoms with Gasteiger partial charge in [-0.25, -0.2) is 0 Å². The third kappa shape index (κ3) is 3.83. The SMILES string of the molecule is CNC(=O)c1ccc2c(c1)c1c(n2C)C([C@@H](C)C(=O)NC2CC2)CC(C2CCOCC2)C1. The smallest absolute Gasteiger partial charge is 0.251 e. The zero-order chi connectivity index (χ0) is 22.4. The van der Waals surface area contributed by atoms with Gasteiger partial charge in [0.25, 0.3) is 5.91 Å². The largest absolute Gasteiger partial charge is 0.381 e. The van der Waals surface area contributed by atoms with Gasteiger partial charge in [0.05, 0.1) is 0 Å². The Bertz CT molecular complexity index is 1030. The van der Waals surface area contributed by atoms with Crippen LogP contribution >= 0.6 is 0 Å². The summed E-state index contributed by atoms with van der Waals surface area (Å²) in [6.45, 7) is 3.78. The minimum Gasteiger partial charge on any atom is -0.381 e. The lowest BCUT2D eigenvalue weighted by molar-refractivity contribution is -0.125. The van der Waals surface area contributed by atoms with Crippen LogP contribution in [-0.4, -0.2) is 42.7 Å². The molecule has 0 spiro atoms. The van der Waals surface area contributed by atoms with E-state index in [0.717, 1.165) is 57.3 Å². The molecule has 2 N–H and O–H groups in total. The van der Waals surface area contributed by atoms with Crippen LogP contribution in [0.1, 0.15) is 66.6 Å². The molecular weight excluding hydrogens is 402 g/mol. The van der Waals surface area contributed by atoms with Gasteiger partial charge >= 0.3 is 0 Å². The van der Waals surface area contributed by atoms with E-state index in [9.17, 15) is 9.59 Å². The summed E-state index contributed by atoms with van der Waals surface area (Å²) in [6, 6.07) is 6.39. The second-order valence-electron chi connectivity index (χ2n) is 10.1. The van der Waals surface area contributed by atoms with Crippen molar-refractivity contribution in [3.8, 4) is 0 Å². The molecule has 0 radical (unpaired) electrons. The predicted molar refractivity (Wildman–Crippen MR) is 125 cm³/mol. The van der Waals surface area contributed by atoms with Crippen LogP contribution < -0.4 is 10.6 Å². The van der Waals surface area contributed by atoms with Crippen LogP contribution in [0, 0.1) is 17.8 Å². The second-order valence-corrected chi connectivity index (χ2v) is 10.1. The molecule has 6 heteroatoms. The highest BCUT2D eigenvalue weighted by atomic mass is 16.5. The number of nitrogens with zero attached hydrogens (tertiary/aromatic N) is 1. The Morgan fingerprint density at radius 3 is 2.56 bits per heavy atom. The first-order valence-corrected chi connectivity index (χ1v) is 12.2. The summed E-state index contributed by atoms with van der Waals surface area (Å²) in [5.41, 5.74) is 4.47. The van der Waals surface area contributed by atoms with E-state index in [2.05, 4.69) is 35.2 Å². The number of hydrogen-bond acceptors (Lipinski definition) is 3. The second kappa shape index (κ2) is 8.54. The molecule has 0 bridgehead atoms. The lowest BCUT2D eigenvalue weighted by Gasteiger charge is -2.39. The van der Waals surface area contributed by atoms with Crippen molar-refractivity contribution in [1.82, 2.24) is 15.2 Å². The standard InChI is InChI=1S/C26H35N3O3/c1-15(25(30)28-19-5-6-19)20-13-18(16-8-10-32-11-9-16)14-22-21-12-17(26(31)27-2)4-7-23(21)29(3)24(20)22/h4,7,12,15-16,18-20H,5-6,8-11,13-14H2,1-3H3,(H,27,31)(H,28,30)/t15-,18?,20?/m1/s1. The third-order valence-corrected chi connectivity index (χ3v) is 8.09. The predicted octanol–water partition coefficient (Wildman–Crippen LogP) is 3.53. The van der Waals surface area contributed by atoms with Gasteiger partial charge in [0.15, 0.2) is 0 Å². The van der Waals surface area contributed by atoms with Crippen molar-refractivity contribution in [3.63, 3.8) is 0 Å². The van der Waals surface area contributed by atoms with Crippen LogP contribution in [0.3, 0.4) is 0 Å². The van der Waals surface area contributed by atoms with Crippen LogP contribution in [0.25, 0.3) is 10.9 Å². The fourth-order valence-electron chi connectivity index (χ4n) is 6.03. The Morgan fingerprint density at radius 2 is 1.88 bits per heavy atom. The van der Waals surface area contributed by atoms with Crippen LogP contribution in [-0.2, 0) is 23.0 Å². The highest BCUT2D eigenvalue weighted by molar-refractivity contribution is 5.99. The van der Waals surface area contributed by atoms with Crippen molar-refractivity contribution in [2.24, 2.45) is 24.8 Å². The Labute approximate surface area is 190 Å². The summed E-state index contributed by atoms with van der Waals surface area (Å²) < 4.78 is 7.92. The van der Waals surface area contributed by atoms with Gasteiger partial charge in [0.1, 0.15) is 0 Å². The number of carbonyl (C=O) groups excluding carboxylic acids is 2. The number of ether oxygens (including phenoxy) is 1. The molecule has 3 atom stereocenters. The highest BCUT2D eigenvalue weighted by Gasteiger charge is 2.40. The van der Waals surface area contributed by atoms with E-state index >= 15 is 0 Å². The number of rotatable bonds is 5. The van der Waals surface area contributed by atoms with E-state index in [4.69, 9.17) is 4.74 Å². The van der Waals surface area contributed by atoms with E-state index in [1.165, 1.54) is 16.6 Å². The molecule has 1 aromatic carbocycles. The summed E-state index contributed by atoms with van der Waals surface area (Å²) >= 11 is 0. The lowest BCUT2D eigenvalue weighted by atomic mass is 9.68. The molecule has 2 unspecified atom stereocenters. The van der Waals surface area contributed by atoms with Gasteiger partial charge in [0.2, 0.25) is 5.91 Å². The van der Waals surface area contributed by atoms with E-state index in [1.54, 1.807) is 7.05 Å². The molecule has 2 aliphatic carbocycles. The number of aryl methyl sites for hydroxylation is 1. The normalized spacial score (nSPS) is 24.7. The average Bonchev–Trinajstić information content (AvgIpc) is 3.61. The molecule has 1 aromatic heterocycles. The summed E-state index contributed by atoms with van der Waals surface area (Å²) in [5.74, 6) is 1.42. The zero-order valence-electron chi connectivity index (χ0n) is 19.4. The topological polar surface area (TPSA) is 72.4 Å². The molecule has 1 aliphatic heterocycles. The zero-order valence-corrected chi connectivity index (χ0v) is 19.4. The Kier molecular flexibility index (Phi) is 5.74. The number of fused-ring (bicyclic) bond motifs is 3. The minimum absolute atomic E-state index is 0.0602. The third-order valence-electron chi connectivity index (χ3n) is 8.09. The fraction of sp³-hybridized carbons (Fsp3) is 0.615. The molecule has 1 saturated heterocycles. The quantitative estimate of drug-likeness (QED) is 0.752. The van der Waals surface area contributed by atoms with Gasteiger partial charge in [-0.15, -0.1) is 0 Å². The van der Waals surface area contributed by atoms with Crippen molar-refractivity contribution in [2.75, 3.05) is 20.3 Å². The maximum absolute atomic E-state index is 13.1. The Hall–Kier alpha value is -2.34. The summed E-state index contributed by atoms with van der Waals surface area (Å²) in [6.07, 6.45) is 6.48. The monoisotopic (exact) mass is 437 g/mol. The molecule has 2 heterocycles. The number of carbonyl (C=O) groups is 2. The number of amides is 2. The van der Waals surface area contributed by atoms with E-state index in [0.29, 0.717) is 23.4 Å². The van der Waals surface area contributed by atoms with Crippen molar-refractivity contribution < 1.29 is 14.3 Å². The Morgan fingerprint density at radius 1 is 1.12 bits per heavy atom. The van der Waals surface area contributed by atoms with Gasteiger partial charge in [-0.3, -0.25) is 9.59 Å². The van der Waals surface area contributed by atoms with Crippen LogP contribution in [0.2, 0.25) is 0 Å². The van der Waals surface area contributed by atoms with E-state index < -0.39 is 0 Å². The van der Waals surface area contributed by atoms with Crippen molar-refractivity contribution >= 4 is 22.7 Å². The molecule has 3 aliphatic rings. The lowest BCUT2D eigenvalue weighted by Crippen LogP contribution is -2.38. The van der Waals surface area contributed by atoms with Crippen LogP contribution in [0.4, 0.5) is 0 Å². The van der Waals surface area contributed by atoms with E-state index in [-0.39, 0.29) is 23.7 Å². The summed E-state index contributed by atoms with van der Waals surface area (Å²) in [7, 11) is 3.79. The molecule has 1 saturated carbocycles. The van der Waals surface area contributed by atoms with Gasteiger partial charge < -0.3 is 19.9 Å². The molecule has 6 nitrogen and oxygen atoms in total. The van der Waals surface area contributed by atoms with Gasteiger partial charge in [-0.2, -0.15) is 0 Å². The van der Waals surface area contributed by atoms with Gasteiger partial charge in [0, 0.05) is 67.3 Å². The van der Waals surface area contributed by atoms with Crippen molar-refractivity contribution in [3.05, 3.63) is 35.0 Å². The number of benzene rings is 1. The maximum atomic E-state index is 13.1. The number of aromatic nitrogens is 1. The molecule has 32 heavy (non-hydrogen) atoms. The fourth-order valence-corrected chi connectivity index (χ4v) is 6.03. The summed E-state index contributed by atoms with van der Waals surface area (Å²) in [4.78, 5) is 25.4. The molecule has 2 aromatic rings. The van der Waals surface area contributed by atoms with Gasteiger partial charge in [-0.05, 0) is 74.1 Å². The first kappa shape index (κ1) is 21.5. The molecular formula is C26H35N3O3. The van der Waals surface area contributed by atoms with Crippen molar-refractivity contribution in [2.45, 2.75) is 57.4 Å². The van der Waals surface area contributed by atoms with E-state index in [1.807, 2.05) is 12.1 Å². The maximum Gasteiger partial charge on any atom is 0.251 e. The first-order chi connectivity index (χ1) is 15.5. The van der Waals surface area contributed by atoms with Crippen LogP contribution in [0.15, 0.2) is 18.2 Å². The highest BCUT2D eigenvalue weighted by Crippen LogP contribution is 2.47. The average molecular weight is 438 g/mol. The number of hydrogen-bond donors (Lipinski definition) is 2. The van der Waals surface area contributed by atoms with Crippen molar-refractivity contribution in [1.29, 1.82) is 0 Å².